The topological polar surface area (TPSA) is 43.4 Å². The highest BCUT2D eigenvalue weighted by Gasteiger charge is 2.20. The summed E-state index contributed by atoms with van der Waals surface area (Å²) in [6.07, 6.45) is 0. The largest absolute Gasteiger partial charge is 0.456 e. The van der Waals surface area contributed by atoms with Crippen LogP contribution in [0.3, 0.4) is 0 Å². The molecule has 0 N–H and O–H groups in total. The van der Waals surface area contributed by atoms with Crippen LogP contribution in [-0.4, -0.2) is 0 Å². The van der Waals surface area contributed by atoms with Gasteiger partial charge in [0.2, 0.25) is 0 Å². The van der Waals surface area contributed by atoms with E-state index in [2.05, 4.69) is 0 Å². The molecule has 27 heavy (non-hydrogen) atoms. The quantitative estimate of drug-likeness (QED) is 0.356. The lowest BCUT2D eigenvalue weighted by Gasteiger charge is -2.10. The third kappa shape index (κ3) is 2.56. The van der Waals surface area contributed by atoms with Gasteiger partial charge in [0.1, 0.15) is 22.5 Å². The Bertz CT molecular complexity index is 1300. The highest BCUT2D eigenvalue weighted by atomic mass is 16.4. The summed E-state index contributed by atoms with van der Waals surface area (Å²) in [7, 11) is 0. The molecule has 0 amide bonds. The molecule has 130 valence electrons. The lowest BCUT2D eigenvalue weighted by atomic mass is 9.95. The number of fused-ring (bicyclic) bond motifs is 2. The maximum atomic E-state index is 12.9. The standard InChI is InChI=1S/C24H16O3/c1-15-10-12-16(13-11-15)22-18-7-3-5-9-20(18)27-24(25)23(22)21-14-17-6-2-4-8-19(17)26-21/h2-14H,1H3. The van der Waals surface area contributed by atoms with Crippen molar-refractivity contribution >= 4 is 21.9 Å². The van der Waals surface area contributed by atoms with Crippen LogP contribution in [0.15, 0.2) is 92.5 Å². The molecule has 5 aromatic rings. The van der Waals surface area contributed by atoms with E-state index in [4.69, 9.17) is 8.83 Å². The number of para-hydroxylation sites is 2. The average Bonchev–Trinajstić information content (AvgIpc) is 3.11. The first-order valence-electron chi connectivity index (χ1n) is 8.82. The van der Waals surface area contributed by atoms with Crippen LogP contribution >= 0.6 is 0 Å². The van der Waals surface area contributed by atoms with Crippen LogP contribution in [-0.2, 0) is 0 Å². The first kappa shape index (κ1) is 15.6. The van der Waals surface area contributed by atoms with Crippen LogP contribution in [0.1, 0.15) is 5.56 Å². The highest BCUT2D eigenvalue weighted by Crippen LogP contribution is 2.37. The first-order valence-corrected chi connectivity index (χ1v) is 8.82. The molecule has 0 radical (unpaired) electrons. The molecule has 3 aromatic carbocycles. The SMILES string of the molecule is Cc1ccc(-c2c(-c3cc4ccccc4o3)c(=O)oc3ccccc23)cc1. The van der Waals surface area contributed by atoms with Gasteiger partial charge in [0, 0.05) is 16.3 Å². The van der Waals surface area contributed by atoms with Crippen LogP contribution in [0.4, 0.5) is 0 Å². The molecule has 0 atom stereocenters. The van der Waals surface area contributed by atoms with E-state index in [0.29, 0.717) is 16.9 Å². The summed E-state index contributed by atoms with van der Waals surface area (Å²) in [6, 6.07) is 25.4. The number of hydrogen-bond donors (Lipinski definition) is 0. The van der Waals surface area contributed by atoms with Gasteiger partial charge >= 0.3 is 5.63 Å². The van der Waals surface area contributed by atoms with E-state index in [0.717, 1.165) is 33.0 Å². The van der Waals surface area contributed by atoms with Gasteiger partial charge in [-0.1, -0.05) is 66.2 Å². The van der Waals surface area contributed by atoms with Crippen LogP contribution in [0.5, 0.6) is 0 Å². The second-order valence-electron chi connectivity index (χ2n) is 6.65. The summed E-state index contributed by atoms with van der Waals surface area (Å²) in [5, 5.41) is 1.84. The third-order valence-corrected chi connectivity index (χ3v) is 4.83. The minimum atomic E-state index is -0.400. The Morgan fingerprint density at radius 3 is 2.19 bits per heavy atom. The molecule has 0 saturated carbocycles. The molecule has 0 aliphatic rings. The molecule has 0 saturated heterocycles. The first-order chi connectivity index (χ1) is 13.2. The van der Waals surface area contributed by atoms with Gasteiger partial charge in [-0.2, -0.15) is 0 Å². The normalized spacial score (nSPS) is 11.3. The van der Waals surface area contributed by atoms with Crippen molar-refractivity contribution in [2.75, 3.05) is 0 Å². The molecular weight excluding hydrogens is 336 g/mol. The van der Waals surface area contributed by atoms with E-state index in [1.54, 1.807) is 0 Å². The van der Waals surface area contributed by atoms with Crippen molar-refractivity contribution in [3.8, 4) is 22.5 Å². The van der Waals surface area contributed by atoms with Crippen molar-refractivity contribution in [3.05, 3.63) is 94.8 Å². The van der Waals surface area contributed by atoms with Crippen LogP contribution in [0.2, 0.25) is 0 Å². The minimum Gasteiger partial charge on any atom is -0.456 e. The summed E-state index contributed by atoms with van der Waals surface area (Å²) >= 11 is 0. The van der Waals surface area contributed by atoms with Gasteiger partial charge in [0.15, 0.2) is 0 Å². The number of hydrogen-bond acceptors (Lipinski definition) is 3. The van der Waals surface area contributed by atoms with Gasteiger partial charge in [-0.15, -0.1) is 0 Å². The van der Waals surface area contributed by atoms with Gasteiger partial charge in [0.05, 0.1) is 0 Å². The van der Waals surface area contributed by atoms with E-state index in [-0.39, 0.29) is 0 Å². The lowest BCUT2D eigenvalue weighted by Crippen LogP contribution is -2.05. The van der Waals surface area contributed by atoms with E-state index >= 15 is 0 Å². The van der Waals surface area contributed by atoms with E-state index < -0.39 is 5.63 Å². The Balaban J connectivity index is 1.91. The van der Waals surface area contributed by atoms with Crippen molar-refractivity contribution in [1.29, 1.82) is 0 Å². The predicted octanol–water partition coefficient (Wildman–Crippen LogP) is 6.18. The van der Waals surface area contributed by atoms with Gasteiger partial charge in [-0.05, 0) is 30.7 Å². The molecular formula is C24H16O3. The summed E-state index contributed by atoms with van der Waals surface area (Å²) < 4.78 is 11.6. The fourth-order valence-electron chi connectivity index (χ4n) is 3.50. The number of aryl methyl sites for hydroxylation is 1. The van der Waals surface area contributed by atoms with Crippen molar-refractivity contribution < 1.29 is 8.83 Å². The Morgan fingerprint density at radius 1 is 0.704 bits per heavy atom. The zero-order valence-electron chi connectivity index (χ0n) is 14.7. The Hall–Kier alpha value is -3.59. The molecule has 3 heteroatoms. The fourth-order valence-corrected chi connectivity index (χ4v) is 3.50. The van der Waals surface area contributed by atoms with E-state index in [1.165, 1.54) is 0 Å². The minimum absolute atomic E-state index is 0.400. The van der Waals surface area contributed by atoms with Crippen molar-refractivity contribution in [2.24, 2.45) is 0 Å². The zero-order valence-corrected chi connectivity index (χ0v) is 14.7. The van der Waals surface area contributed by atoms with E-state index in [9.17, 15) is 4.79 Å². The second kappa shape index (κ2) is 5.99. The molecule has 0 bridgehead atoms. The Kier molecular flexibility index (Phi) is 3.47. The summed E-state index contributed by atoms with van der Waals surface area (Å²) in [5.41, 5.74) is 4.32. The number of benzene rings is 3. The molecule has 2 heterocycles. The van der Waals surface area contributed by atoms with Crippen LogP contribution in [0, 0.1) is 6.92 Å². The van der Waals surface area contributed by atoms with Crippen molar-refractivity contribution in [3.63, 3.8) is 0 Å². The van der Waals surface area contributed by atoms with Crippen LogP contribution in [0.25, 0.3) is 44.4 Å². The molecule has 0 unspecified atom stereocenters. The molecule has 0 spiro atoms. The molecule has 0 aliphatic carbocycles. The molecule has 2 aromatic heterocycles. The van der Waals surface area contributed by atoms with Gasteiger partial charge in [0.25, 0.3) is 0 Å². The van der Waals surface area contributed by atoms with Crippen molar-refractivity contribution in [2.45, 2.75) is 6.92 Å². The average molecular weight is 352 g/mol. The smallest absolute Gasteiger partial charge is 0.348 e. The van der Waals surface area contributed by atoms with Crippen molar-refractivity contribution in [1.82, 2.24) is 0 Å². The molecule has 0 aliphatic heterocycles. The van der Waals surface area contributed by atoms with Gasteiger partial charge in [-0.3, -0.25) is 0 Å². The number of furan rings is 1. The summed E-state index contributed by atoms with van der Waals surface area (Å²) in [6.45, 7) is 2.04. The van der Waals surface area contributed by atoms with Gasteiger partial charge < -0.3 is 8.83 Å². The van der Waals surface area contributed by atoms with Gasteiger partial charge in [-0.25, -0.2) is 4.79 Å². The molecule has 5 rings (SSSR count). The molecule has 3 nitrogen and oxygen atoms in total. The predicted molar refractivity (Wildman–Crippen MR) is 108 cm³/mol. The highest BCUT2D eigenvalue weighted by molar-refractivity contribution is 6.01. The zero-order chi connectivity index (χ0) is 18.4. The van der Waals surface area contributed by atoms with E-state index in [1.807, 2.05) is 85.8 Å². The Morgan fingerprint density at radius 2 is 1.41 bits per heavy atom. The maximum absolute atomic E-state index is 12.9. The van der Waals surface area contributed by atoms with Crippen LogP contribution < -0.4 is 5.63 Å². The lowest BCUT2D eigenvalue weighted by molar-refractivity contribution is 0.556. The second-order valence-corrected chi connectivity index (χ2v) is 6.65. The third-order valence-electron chi connectivity index (χ3n) is 4.83. The maximum Gasteiger partial charge on any atom is 0.348 e. The fraction of sp³-hybridized carbons (Fsp3) is 0.0417. The number of rotatable bonds is 2. The summed E-state index contributed by atoms with van der Waals surface area (Å²) in [5.74, 6) is 0.520. The Labute approximate surface area is 155 Å². The summed E-state index contributed by atoms with van der Waals surface area (Å²) in [4.78, 5) is 12.9. The monoisotopic (exact) mass is 352 g/mol. The molecule has 0 fully saturated rings.